The number of thioether (sulfide) groups is 1. The number of carbonyl (C=O) groups excluding carboxylic acids is 2. The van der Waals surface area contributed by atoms with Gasteiger partial charge in [-0.1, -0.05) is 38.1 Å². The predicted molar refractivity (Wildman–Crippen MR) is 108 cm³/mol. The van der Waals surface area contributed by atoms with Gasteiger partial charge in [0.1, 0.15) is 5.37 Å². The summed E-state index contributed by atoms with van der Waals surface area (Å²) in [6, 6.07) is 15.8. The van der Waals surface area contributed by atoms with Crippen LogP contribution in [0.5, 0.6) is 0 Å². The van der Waals surface area contributed by atoms with Crippen LogP contribution in [0.1, 0.15) is 36.8 Å². The number of nitrogens with zero attached hydrogens (tertiary/aromatic N) is 1. The van der Waals surface area contributed by atoms with E-state index in [1.54, 1.807) is 11.8 Å². The zero-order valence-electron chi connectivity index (χ0n) is 15.4. The lowest BCUT2D eigenvalue weighted by Crippen LogP contribution is -2.27. The molecule has 1 heterocycles. The van der Waals surface area contributed by atoms with Crippen LogP contribution in [0, 0.1) is 12.8 Å². The third kappa shape index (κ3) is 4.28. The Balaban J connectivity index is 1.77. The van der Waals surface area contributed by atoms with Crippen molar-refractivity contribution in [2.24, 2.45) is 5.92 Å². The minimum Gasteiger partial charge on any atom is -0.326 e. The molecule has 0 unspecified atom stereocenters. The van der Waals surface area contributed by atoms with Crippen LogP contribution in [0.15, 0.2) is 48.5 Å². The summed E-state index contributed by atoms with van der Waals surface area (Å²) in [5.74, 6) is 0.961. The molecule has 1 aliphatic rings. The summed E-state index contributed by atoms with van der Waals surface area (Å²) in [5, 5.41) is 2.89. The molecule has 2 aromatic carbocycles. The van der Waals surface area contributed by atoms with Gasteiger partial charge in [-0.05, 0) is 48.2 Å². The van der Waals surface area contributed by atoms with Crippen molar-refractivity contribution in [3.63, 3.8) is 0 Å². The zero-order valence-corrected chi connectivity index (χ0v) is 16.2. The number of rotatable bonds is 5. The first-order valence-corrected chi connectivity index (χ1v) is 9.89. The molecule has 1 aliphatic heterocycles. The highest BCUT2D eigenvalue weighted by Gasteiger charge is 2.34. The molecule has 4 nitrogen and oxygen atoms in total. The van der Waals surface area contributed by atoms with Gasteiger partial charge in [0, 0.05) is 17.8 Å². The Hall–Kier alpha value is -2.27. The lowest BCUT2D eigenvalue weighted by Gasteiger charge is -2.25. The molecule has 0 aromatic heterocycles. The second-order valence-corrected chi connectivity index (χ2v) is 8.10. The Morgan fingerprint density at radius 2 is 1.96 bits per heavy atom. The maximum absolute atomic E-state index is 12.4. The first kappa shape index (κ1) is 18.5. The van der Waals surface area contributed by atoms with E-state index in [-0.39, 0.29) is 17.2 Å². The van der Waals surface area contributed by atoms with Crippen LogP contribution in [0.3, 0.4) is 0 Å². The number of aryl methyl sites for hydroxylation is 1. The molecule has 5 heteroatoms. The standard InChI is InChI=1S/C21H24N2O2S/c1-14(2)11-19(24)22-17-9-7-16(8-10-17)21-23(20(25)13-26-21)18-6-4-5-15(3)12-18/h4-10,12,14,21H,11,13H2,1-3H3,(H,22,24)/t21-/m0/s1. The molecule has 0 bridgehead atoms. The smallest absolute Gasteiger partial charge is 0.238 e. The first-order chi connectivity index (χ1) is 12.4. The van der Waals surface area contributed by atoms with Crippen LogP contribution in [0.2, 0.25) is 0 Å². The van der Waals surface area contributed by atoms with Gasteiger partial charge >= 0.3 is 0 Å². The fourth-order valence-electron chi connectivity index (χ4n) is 3.04. The van der Waals surface area contributed by atoms with E-state index in [0.29, 0.717) is 18.1 Å². The normalized spacial score (nSPS) is 17.0. The van der Waals surface area contributed by atoms with Gasteiger partial charge in [0.05, 0.1) is 5.75 Å². The molecule has 2 amide bonds. The summed E-state index contributed by atoms with van der Waals surface area (Å²) in [4.78, 5) is 26.2. The largest absolute Gasteiger partial charge is 0.326 e. The Labute approximate surface area is 159 Å². The van der Waals surface area contributed by atoms with Gasteiger partial charge in [0.15, 0.2) is 0 Å². The molecule has 1 saturated heterocycles. The summed E-state index contributed by atoms with van der Waals surface area (Å²) in [7, 11) is 0. The van der Waals surface area contributed by atoms with Crippen LogP contribution in [-0.2, 0) is 9.59 Å². The Kier molecular flexibility index (Phi) is 5.67. The van der Waals surface area contributed by atoms with E-state index >= 15 is 0 Å². The van der Waals surface area contributed by atoms with E-state index in [0.717, 1.165) is 22.5 Å². The topological polar surface area (TPSA) is 49.4 Å². The average molecular weight is 369 g/mol. The van der Waals surface area contributed by atoms with Crippen LogP contribution in [0.25, 0.3) is 0 Å². The lowest BCUT2D eigenvalue weighted by atomic mass is 10.1. The van der Waals surface area contributed by atoms with Crippen LogP contribution >= 0.6 is 11.8 Å². The highest BCUT2D eigenvalue weighted by atomic mass is 32.2. The number of hydrogen-bond donors (Lipinski definition) is 1. The molecule has 3 rings (SSSR count). The van der Waals surface area contributed by atoms with Crippen LogP contribution < -0.4 is 10.2 Å². The number of anilines is 2. The molecular weight excluding hydrogens is 344 g/mol. The molecule has 0 spiro atoms. The van der Waals surface area contributed by atoms with E-state index in [1.807, 2.05) is 74.2 Å². The van der Waals surface area contributed by atoms with E-state index in [1.165, 1.54) is 0 Å². The fourth-order valence-corrected chi connectivity index (χ4v) is 4.22. The predicted octanol–water partition coefficient (Wildman–Crippen LogP) is 4.76. The van der Waals surface area contributed by atoms with Crippen molar-refractivity contribution in [1.29, 1.82) is 0 Å². The van der Waals surface area contributed by atoms with Crippen LogP contribution in [0.4, 0.5) is 11.4 Å². The highest BCUT2D eigenvalue weighted by Crippen LogP contribution is 2.42. The number of benzene rings is 2. The third-order valence-corrected chi connectivity index (χ3v) is 5.43. The van der Waals surface area contributed by atoms with Gasteiger partial charge in [0.2, 0.25) is 11.8 Å². The summed E-state index contributed by atoms with van der Waals surface area (Å²) in [6.45, 7) is 6.08. The van der Waals surface area contributed by atoms with E-state index in [2.05, 4.69) is 5.32 Å². The Morgan fingerprint density at radius 3 is 2.62 bits per heavy atom. The van der Waals surface area contributed by atoms with Gasteiger partial charge in [0.25, 0.3) is 0 Å². The molecule has 2 aromatic rings. The van der Waals surface area contributed by atoms with E-state index < -0.39 is 0 Å². The Bertz CT molecular complexity index is 802. The fraction of sp³-hybridized carbons (Fsp3) is 0.333. The van der Waals surface area contributed by atoms with Crippen molar-refractivity contribution < 1.29 is 9.59 Å². The molecule has 1 atom stereocenters. The van der Waals surface area contributed by atoms with Crippen molar-refractivity contribution in [2.75, 3.05) is 16.0 Å². The molecule has 0 saturated carbocycles. The second kappa shape index (κ2) is 7.96. The number of carbonyl (C=O) groups is 2. The summed E-state index contributed by atoms with van der Waals surface area (Å²) >= 11 is 1.63. The minimum atomic E-state index is -0.0373. The van der Waals surface area contributed by atoms with E-state index in [9.17, 15) is 9.59 Å². The zero-order chi connectivity index (χ0) is 18.7. The molecule has 1 fully saturated rings. The minimum absolute atomic E-state index is 0.0274. The van der Waals surface area contributed by atoms with Gasteiger partial charge in [-0.15, -0.1) is 11.8 Å². The van der Waals surface area contributed by atoms with Gasteiger partial charge in [-0.25, -0.2) is 0 Å². The second-order valence-electron chi connectivity index (χ2n) is 7.03. The quantitative estimate of drug-likeness (QED) is 0.828. The molecular formula is C21H24N2O2S. The van der Waals surface area contributed by atoms with Gasteiger partial charge in [-0.3, -0.25) is 14.5 Å². The summed E-state index contributed by atoms with van der Waals surface area (Å²) in [5.41, 5.74) is 3.91. The number of nitrogens with one attached hydrogen (secondary N) is 1. The molecule has 0 radical (unpaired) electrons. The highest BCUT2D eigenvalue weighted by molar-refractivity contribution is 8.00. The van der Waals surface area contributed by atoms with Crippen molar-refractivity contribution in [2.45, 2.75) is 32.6 Å². The molecule has 136 valence electrons. The summed E-state index contributed by atoms with van der Waals surface area (Å²) < 4.78 is 0. The maximum Gasteiger partial charge on any atom is 0.238 e. The SMILES string of the molecule is Cc1cccc(N2C(=O)CS[C@H]2c2ccc(NC(=O)CC(C)C)cc2)c1. The van der Waals surface area contributed by atoms with Crippen molar-refractivity contribution >= 4 is 35.0 Å². The van der Waals surface area contributed by atoms with Gasteiger partial charge in [-0.2, -0.15) is 0 Å². The first-order valence-electron chi connectivity index (χ1n) is 8.84. The lowest BCUT2D eigenvalue weighted by molar-refractivity contribution is -0.117. The maximum atomic E-state index is 12.4. The monoisotopic (exact) mass is 368 g/mol. The van der Waals surface area contributed by atoms with Crippen molar-refractivity contribution in [3.8, 4) is 0 Å². The Morgan fingerprint density at radius 1 is 1.23 bits per heavy atom. The third-order valence-electron chi connectivity index (χ3n) is 4.22. The van der Waals surface area contributed by atoms with Crippen molar-refractivity contribution in [1.82, 2.24) is 0 Å². The number of hydrogen-bond acceptors (Lipinski definition) is 3. The molecule has 0 aliphatic carbocycles. The average Bonchev–Trinajstić information content (AvgIpc) is 2.96. The van der Waals surface area contributed by atoms with Gasteiger partial charge < -0.3 is 5.32 Å². The molecule has 1 N–H and O–H groups in total. The summed E-state index contributed by atoms with van der Waals surface area (Å²) in [6.07, 6.45) is 0.510. The van der Waals surface area contributed by atoms with Crippen LogP contribution in [-0.4, -0.2) is 17.6 Å². The van der Waals surface area contributed by atoms with Crippen molar-refractivity contribution in [3.05, 3.63) is 59.7 Å². The number of amides is 2. The van der Waals surface area contributed by atoms with E-state index in [4.69, 9.17) is 0 Å². The molecule has 26 heavy (non-hydrogen) atoms.